The molecule has 1 heteroatoms. The van der Waals surface area contributed by atoms with E-state index < -0.39 is 0 Å². The number of hydrogen-bond acceptors (Lipinski definition) is 1. The molecule has 0 bridgehead atoms. The van der Waals surface area contributed by atoms with Crippen molar-refractivity contribution < 1.29 is 4.74 Å². The smallest absolute Gasteiger partial charge is 0.0540 e. The van der Waals surface area contributed by atoms with Gasteiger partial charge >= 0.3 is 0 Å². The van der Waals surface area contributed by atoms with Crippen molar-refractivity contribution in [1.82, 2.24) is 0 Å². The zero-order chi connectivity index (χ0) is 6.99. The summed E-state index contributed by atoms with van der Waals surface area (Å²) in [4.78, 5) is 0. The minimum atomic E-state index is 0.435. The molecule has 1 unspecified atom stereocenters. The zero-order valence-corrected chi connectivity index (χ0v) is 6.69. The van der Waals surface area contributed by atoms with Crippen LogP contribution >= 0.6 is 0 Å². The monoisotopic (exact) mass is 118 g/mol. The molecule has 0 fully saturated rings. The van der Waals surface area contributed by atoms with Gasteiger partial charge < -0.3 is 4.74 Å². The highest BCUT2D eigenvalue weighted by Gasteiger charge is 1.88. The first kappa shape index (κ1) is 10.9. The largest absolute Gasteiger partial charge is 0.382 e. The van der Waals surface area contributed by atoms with Gasteiger partial charge in [0.1, 0.15) is 0 Å². The standard InChI is InChI=1S/C5H12O.C2H6/c1-4-5(2)6-3;1-2/h5H,4H2,1-3H3;1-2H3. The van der Waals surface area contributed by atoms with Gasteiger partial charge in [-0.2, -0.15) is 0 Å². The maximum Gasteiger partial charge on any atom is 0.0540 e. The van der Waals surface area contributed by atoms with E-state index in [0.717, 1.165) is 6.42 Å². The molecule has 0 aromatic carbocycles. The Morgan fingerprint density at radius 2 is 1.75 bits per heavy atom. The second-order valence-corrected chi connectivity index (χ2v) is 1.45. The Labute approximate surface area is 53.0 Å². The normalized spacial score (nSPS) is 11.6. The second kappa shape index (κ2) is 10.0. The molecule has 0 radical (unpaired) electrons. The van der Waals surface area contributed by atoms with Crippen molar-refractivity contribution in [2.75, 3.05) is 7.11 Å². The van der Waals surface area contributed by atoms with Crippen molar-refractivity contribution in [3.8, 4) is 0 Å². The molecule has 0 N–H and O–H groups in total. The third kappa shape index (κ3) is 9.35. The molecule has 0 aromatic rings. The SMILES string of the molecule is CC.CCC(C)OC. The molecule has 0 saturated heterocycles. The highest BCUT2D eigenvalue weighted by atomic mass is 16.5. The number of ether oxygens (including phenoxy) is 1. The quantitative estimate of drug-likeness (QED) is 0.541. The van der Waals surface area contributed by atoms with Gasteiger partial charge in [-0.1, -0.05) is 20.8 Å². The topological polar surface area (TPSA) is 9.23 Å². The highest BCUT2D eigenvalue weighted by molar-refractivity contribution is 4.38. The molecule has 0 aliphatic rings. The fourth-order valence-electron chi connectivity index (χ4n) is 0.167. The summed E-state index contributed by atoms with van der Waals surface area (Å²) in [7, 11) is 1.73. The van der Waals surface area contributed by atoms with Crippen LogP contribution in [-0.4, -0.2) is 13.2 Å². The summed E-state index contributed by atoms with van der Waals surface area (Å²) in [6.45, 7) is 8.16. The number of methoxy groups -OCH3 is 1. The molecule has 0 rings (SSSR count). The van der Waals surface area contributed by atoms with E-state index in [1.807, 2.05) is 13.8 Å². The van der Waals surface area contributed by atoms with E-state index in [-0.39, 0.29) is 0 Å². The van der Waals surface area contributed by atoms with Gasteiger partial charge in [-0.3, -0.25) is 0 Å². The maximum atomic E-state index is 4.90. The van der Waals surface area contributed by atoms with Gasteiger partial charge in [0, 0.05) is 7.11 Å². The van der Waals surface area contributed by atoms with Crippen LogP contribution in [0.4, 0.5) is 0 Å². The van der Waals surface area contributed by atoms with Crippen molar-refractivity contribution in [2.24, 2.45) is 0 Å². The van der Waals surface area contributed by atoms with E-state index in [1.54, 1.807) is 7.11 Å². The van der Waals surface area contributed by atoms with Crippen molar-refractivity contribution in [1.29, 1.82) is 0 Å². The van der Waals surface area contributed by atoms with Gasteiger partial charge in [-0.15, -0.1) is 0 Å². The first-order chi connectivity index (χ1) is 3.81. The molecule has 0 heterocycles. The molecule has 52 valence electrons. The van der Waals surface area contributed by atoms with Crippen LogP contribution in [0.25, 0.3) is 0 Å². The van der Waals surface area contributed by atoms with Gasteiger partial charge in [0.15, 0.2) is 0 Å². The van der Waals surface area contributed by atoms with Crippen LogP contribution in [0.5, 0.6) is 0 Å². The molecule has 1 atom stereocenters. The summed E-state index contributed by atoms with van der Waals surface area (Å²) < 4.78 is 4.90. The van der Waals surface area contributed by atoms with Gasteiger partial charge in [-0.05, 0) is 13.3 Å². The van der Waals surface area contributed by atoms with E-state index in [2.05, 4.69) is 13.8 Å². The van der Waals surface area contributed by atoms with Crippen LogP contribution in [0.15, 0.2) is 0 Å². The van der Waals surface area contributed by atoms with E-state index in [4.69, 9.17) is 4.74 Å². The Hall–Kier alpha value is -0.0400. The van der Waals surface area contributed by atoms with Crippen molar-refractivity contribution >= 4 is 0 Å². The predicted octanol–water partition coefficient (Wildman–Crippen LogP) is 2.46. The molecular formula is C7H18O. The third-order valence-corrected chi connectivity index (χ3v) is 0.977. The highest BCUT2D eigenvalue weighted by Crippen LogP contribution is 1.89. The summed E-state index contributed by atoms with van der Waals surface area (Å²) in [6.07, 6.45) is 1.54. The lowest BCUT2D eigenvalue weighted by atomic mass is 10.3. The lowest BCUT2D eigenvalue weighted by Crippen LogP contribution is -2.00. The third-order valence-electron chi connectivity index (χ3n) is 0.977. The Balaban J connectivity index is 0. The minimum Gasteiger partial charge on any atom is -0.382 e. The van der Waals surface area contributed by atoms with E-state index in [9.17, 15) is 0 Å². The summed E-state index contributed by atoms with van der Waals surface area (Å²) >= 11 is 0. The average molecular weight is 118 g/mol. The molecule has 0 aliphatic heterocycles. The van der Waals surface area contributed by atoms with E-state index in [1.165, 1.54) is 0 Å². The fraction of sp³-hybridized carbons (Fsp3) is 1.00. The zero-order valence-electron chi connectivity index (χ0n) is 6.69. The van der Waals surface area contributed by atoms with Crippen LogP contribution in [-0.2, 0) is 4.74 Å². The van der Waals surface area contributed by atoms with E-state index in [0.29, 0.717) is 6.10 Å². The Kier molecular flexibility index (Phi) is 13.6. The predicted molar refractivity (Wildman–Crippen MR) is 38.1 cm³/mol. The first-order valence-electron chi connectivity index (χ1n) is 3.34. The van der Waals surface area contributed by atoms with Crippen molar-refractivity contribution in [3.05, 3.63) is 0 Å². The first-order valence-corrected chi connectivity index (χ1v) is 3.34. The fourth-order valence-corrected chi connectivity index (χ4v) is 0.167. The van der Waals surface area contributed by atoms with Crippen LogP contribution in [0.3, 0.4) is 0 Å². The molecule has 0 spiro atoms. The minimum absolute atomic E-state index is 0.435. The number of rotatable bonds is 2. The molecule has 0 aliphatic carbocycles. The van der Waals surface area contributed by atoms with Crippen molar-refractivity contribution in [2.45, 2.75) is 40.2 Å². The molecule has 0 amide bonds. The molecule has 0 aromatic heterocycles. The second-order valence-electron chi connectivity index (χ2n) is 1.45. The molecule has 1 nitrogen and oxygen atoms in total. The van der Waals surface area contributed by atoms with Crippen molar-refractivity contribution in [3.63, 3.8) is 0 Å². The van der Waals surface area contributed by atoms with Crippen LogP contribution in [0.1, 0.15) is 34.1 Å². The van der Waals surface area contributed by atoms with Crippen LogP contribution < -0.4 is 0 Å². The van der Waals surface area contributed by atoms with Gasteiger partial charge in [-0.25, -0.2) is 0 Å². The molecular weight excluding hydrogens is 100 g/mol. The van der Waals surface area contributed by atoms with Crippen LogP contribution in [0, 0.1) is 0 Å². The maximum absolute atomic E-state index is 4.90. The Bertz CT molecular complexity index is 23.6. The van der Waals surface area contributed by atoms with Gasteiger partial charge in [0.05, 0.1) is 6.10 Å². The summed E-state index contributed by atoms with van der Waals surface area (Å²) in [5, 5.41) is 0. The Morgan fingerprint density at radius 3 is 1.75 bits per heavy atom. The Morgan fingerprint density at radius 1 is 1.38 bits per heavy atom. The summed E-state index contributed by atoms with van der Waals surface area (Å²) in [6, 6.07) is 0. The molecule has 0 saturated carbocycles. The van der Waals surface area contributed by atoms with E-state index >= 15 is 0 Å². The lowest BCUT2D eigenvalue weighted by Gasteiger charge is -2.01. The lowest BCUT2D eigenvalue weighted by molar-refractivity contribution is 0.115. The van der Waals surface area contributed by atoms with Gasteiger partial charge in [0.25, 0.3) is 0 Å². The van der Waals surface area contributed by atoms with Crippen LogP contribution in [0.2, 0.25) is 0 Å². The number of hydrogen-bond donors (Lipinski definition) is 0. The average Bonchev–Trinajstić information content (AvgIpc) is 1.91. The van der Waals surface area contributed by atoms with Gasteiger partial charge in [0.2, 0.25) is 0 Å². The molecule has 8 heavy (non-hydrogen) atoms. The summed E-state index contributed by atoms with van der Waals surface area (Å²) in [5.74, 6) is 0. The summed E-state index contributed by atoms with van der Waals surface area (Å²) in [5.41, 5.74) is 0.